The summed E-state index contributed by atoms with van der Waals surface area (Å²) in [6.07, 6.45) is 4.65. The molecule has 4 heteroatoms. The molecule has 1 unspecified atom stereocenters. The summed E-state index contributed by atoms with van der Waals surface area (Å²) in [5.41, 5.74) is 0. The Balaban J connectivity index is 1.80. The van der Waals surface area contributed by atoms with Gasteiger partial charge in [-0.15, -0.1) is 0 Å². The zero-order chi connectivity index (χ0) is 13.0. The quantitative estimate of drug-likeness (QED) is 0.809. The van der Waals surface area contributed by atoms with Crippen LogP contribution in [0.3, 0.4) is 0 Å². The van der Waals surface area contributed by atoms with Crippen molar-refractivity contribution in [1.82, 2.24) is 15.1 Å². The van der Waals surface area contributed by atoms with Gasteiger partial charge >= 0.3 is 0 Å². The summed E-state index contributed by atoms with van der Waals surface area (Å²) in [7, 11) is 1.89. The predicted molar refractivity (Wildman–Crippen MR) is 73.5 cm³/mol. The second-order valence-corrected chi connectivity index (χ2v) is 5.65. The summed E-state index contributed by atoms with van der Waals surface area (Å²) in [5.74, 6) is 1.04. The molecule has 0 saturated carbocycles. The number of likely N-dealkylation sites (tertiary alicyclic amines) is 2. The molecule has 0 radical (unpaired) electrons. The largest absolute Gasteiger partial charge is 0.341 e. The SMILES string of the molecule is CCN1CCC(CN2CCCC(NC)C2=O)CC1. The molecule has 2 rings (SSSR count). The fourth-order valence-corrected chi connectivity index (χ4v) is 3.19. The summed E-state index contributed by atoms with van der Waals surface area (Å²) in [6, 6.07) is 0.0643. The molecule has 2 fully saturated rings. The average Bonchev–Trinajstić information content (AvgIpc) is 2.42. The standard InChI is InChI=1S/C14H27N3O/c1-3-16-9-6-12(7-10-16)11-17-8-4-5-13(15-2)14(17)18/h12-13,15H,3-11H2,1-2H3. The molecule has 0 bridgehead atoms. The first-order chi connectivity index (χ1) is 8.74. The van der Waals surface area contributed by atoms with Gasteiger partial charge in [0.05, 0.1) is 6.04 Å². The van der Waals surface area contributed by atoms with Gasteiger partial charge < -0.3 is 15.1 Å². The van der Waals surface area contributed by atoms with E-state index < -0.39 is 0 Å². The van der Waals surface area contributed by atoms with Crippen LogP contribution in [0, 0.1) is 5.92 Å². The molecule has 0 aromatic carbocycles. The lowest BCUT2D eigenvalue weighted by atomic mass is 9.94. The number of amides is 1. The molecule has 0 aromatic rings. The van der Waals surface area contributed by atoms with Gasteiger partial charge in [0.1, 0.15) is 0 Å². The van der Waals surface area contributed by atoms with Crippen molar-refractivity contribution in [3.05, 3.63) is 0 Å². The van der Waals surface area contributed by atoms with Crippen molar-refractivity contribution in [2.75, 3.05) is 39.8 Å². The highest BCUT2D eigenvalue weighted by molar-refractivity contribution is 5.82. The van der Waals surface area contributed by atoms with Gasteiger partial charge in [-0.2, -0.15) is 0 Å². The first-order valence-electron chi connectivity index (χ1n) is 7.43. The Kier molecular flexibility index (Phi) is 5.01. The number of hydrogen-bond acceptors (Lipinski definition) is 3. The third-order valence-electron chi connectivity index (χ3n) is 4.51. The molecule has 1 amide bonds. The van der Waals surface area contributed by atoms with E-state index in [0.29, 0.717) is 11.8 Å². The van der Waals surface area contributed by atoms with Crippen molar-refractivity contribution < 1.29 is 4.79 Å². The zero-order valence-corrected chi connectivity index (χ0v) is 11.8. The van der Waals surface area contributed by atoms with Crippen molar-refractivity contribution in [2.45, 2.75) is 38.6 Å². The van der Waals surface area contributed by atoms with Gasteiger partial charge in [0.15, 0.2) is 0 Å². The van der Waals surface area contributed by atoms with Crippen LogP contribution in [-0.2, 0) is 4.79 Å². The van der Waals surface area contributed by atoms with Crippen LogP contribution in [-0.4, -0.2) is 61.5 Å². The van der Waals surface area contributed by atoms with E-state index in [2.05, 4.69) is 22.0 Å². The van der Waals surface area contributed by atoms with E-state index in [1.807, 2.05) is 7.05 Å². The third-order valence-corrected chi connectivity index (χ3v) is 4.51. The average molecular weight is 253 g/mol. The first-order valence-corrected chi connectivity index (χ1v) is 7.43. The minimum absolute atomic E-state index is 0.0643. The van der Waals surface area contributed by atoms with Gasteiger partial charge in [-0.05, 0) is 58.3 Å². The molecule has 1 N–H and O–H groups in total. The van der Waals surface area contributed by atoms with Crippen LogP contribution < -0.4 is 5.32 Å². The number of nitrogens with zero attached hydrogens (tertiary/aromatic N) is 2. The van der Waals surface area contributed by atoms with E-state index in [9.17, 15) is 4.79 Å². The number of carbonyl (C=O) groups excluding carboxylic acids is 1. The lowest BCUT2D eigenvalue weighted by Gasteiger charge is -2.37. The van der Waals surface area contributed by atoms with Crippen molar-refractivity contribution in [3.63, 3.8) is 0 Å². The summed E-state index contributed by atoms with van der Waals surface area (Å²) >= 11 is 0. The highest BCUT2D eigenvalue weighted by Crippen LogP contribution is 2.21. The van der Waals surface area contributed by atoms with E-state index >= 15 is 0 Å². The molecule has 2 aliphatic rings. The number of likely N-dealkylation sites (N-methyl/N-ethyl adjacent to an activating group) is 1. The van der Waals surface area contributed by atoms with Gasteiger partial charge in [0, 0.05) is 13.1 Å². The van der Waals surface area contributed by atoms with Gasteiger partial charge in [-0.3, -0.25) is 4.79 Å². The number of carbonyl (C=O) groups is 1. The minimum atomic E-state index is 0.0643. The van der Waals surface area contributed by atoms with Crippen LogP contribution in [0.4, 0.5) is 0 Å². The molecule has 104 valence electrons. The Labute approximate surface area is 111 Å². The fraction of sp³-hybridized carbons (Fsp3) is 0.929. The molecule has 2 aliphatic heterocycles. The first kappa shape index (κ1) is 13.8. The molecular weight excluding hydrogens is 226 g/mol. The van der Waals surface area contributed by atoms with Crippen LogP contribution in [0.5, 0.6) is 0 Å². The van der Waals surface area contributed by atoms with Gasteiger partial charge in [-0.1, -0.05) is 6.92 Å². The lowest BCUT2D eigenvalue weighted by Crippen LogP contribution is -2.51. The monoisotopic (exact) mass is 253 g/mol. The van der Waals surface area contributed by atoms with Crippen molar-refractivity contribution >= 4 is 5.91 Å². The smallest absolute Gasteiger partial charge is 0.239 e. The molecule has 1 atom stereocenters. The number of rotatable bonds is 4. The summed E-state index contributed by atoms with van der Waals surface area (Å²) in [5, 5.41) is 3.14. The Morgan fingerprint density at radius 1 is 1.22 bits per heavy atom. The minimum Gasteiger partial charge on any atom is -0.341 e. The normalized spacial score (nSPS) is 27.8. The maximum absolute atomic E-state index is 12.2. The van der Waals surface area contributed by atoms with E-state index in [0.717, 1.165) is 32.5 Å². The van der Waals surface area contributed by atoms with Gasteiger partial charge in [0.2, 0.25) is 5.91 Å². The lowest BCUT2D eigenvalue weighted by molar-refractivity contribution is -0.136. The molecule has 0 aromatic heterocycles. The van der Waals surface area contributed by atoms with Crippen LogP contribution >= 0.6 is 0 Å². The Bertz CT molecular complexity index is 274. The molecule has 2 saturated heterocycles. The second-order valence-electron chi connectivity index (χ2n) is 5.65. The van der Waals surface area contributed by atoms with Crippen LogP contribution in [0.1, 0.15) is 32.6 Å². The van der Waals surface area contributed by atoms with E-state index in [1.54, 1.807) is 0 Å². The number of hydrogen-bond donors (Lipinski definition) is 1. The number of piperidine rings is 2. The molecule has 4 nitrogen and oxygen atoms in total. The number of nitrogens with one attached hydrogen (secondary N) is 1. The second kappa shape index (κ2) is 6.53. The predicted octanol–water partition coefficient (Wildman–Crippen LogP) is 0.929. The molecule has 2 heterocycles. The fourth-order valence-electron chi connectivity index (χ4n) is 3.19. The van der Waals surface area contributed by atoms with E-state index in [-0.39, 0.29) is 6.04 Å². The molecular formula is C14H27N3O. The van der Waals surface area contributed by atoms with Crippen molar-refractivity contribution in [3.8, 4) is 0 Å². The Morgan fingerprint density at radius 2 is 1.94 bits per heavy atom. The molecule has 18 heavy (non-hydrogen) atoms. The molecule has 0 spiro atoms. The van der Waals surface area contributed by atoms with Crippen LogP contribution in [0.2, 0.25) is 0 Å². The van der Waals surface area contributed by atoms with Crippen molar-refractivity contribution in [2.24, 2.45) is 5.92 Å². The summed E-state index contributed by atoms with van der Waals surface area (Å²) in [4.78, 5) is 16.8. The van der Waals surface area contributed by atoms with Gasteiger partial charge in [0.25, 0.3) is 0 Å². The Hall–Kier alpha value is -0.610. The highest BCUT2D eigenvalue weighted by atomic mass is 16.2. The topological polar surface area (TPSA) is 35.6 Å². The summed E-state index contributed by atoms with van der Waals surface area (Å²) in [6.45, 7) is 7.75. The third kappa shape index (κ3) is 3.23. The maximum atomic E-state index is 12.2. The van der Waals surface area contributed by atoms with Crippen LogP contribution in [0.25, 0.3) is 0 Å². The van der Waals surface area contributed by atoms with E-state index in [1.165, 1.54) is 25.9 Å². The van der Waals surface area contributed by atoms with Crippen LogP contribution in [0.15, 0.2) is 0 Å². The zero-order valence-electron chi connectivity index (χ0n) is 11.8. The summed E-state index contributed by atoms with van der Waals surface area (Å²) < 4.78 is 0. The van der Waals surface area contributed by atoms with Crippen molar-refractivity contribution in [1.29, 1.82) is 0 Å². The Morgan fingerprint density at radius 3 is 2.56 bits per heavy atom. The molecule has 0 aliphatic carbocycles. The highest BCUT2D eigenvalue weighted by Gasteiger charge is 2.29. The maximum Gasteiger partial charge on any atom is 0.239 e. The van der Waals surface area contributed by atoms with E-state index in [4.69, 9.17) is 0 Å². The van der Waals surface area contributed by atoms with Gasteiger partial charge in [-0.25, -0.2) is 0 Å².